The van der Waals surface area contributed by atoms with Crippen LogP contribution in [0.3, 0.4) is 0 Å². The molecule has 3 fully saturated rings. The zero-order valence-electron chi connectivity index (χ0n) is 22.0. The molecule has 0 spiro atoms. The molecule has 0 aromatic carbocycles. The minimum Gasteiger partial charge on any atom is -0.416 e. The summed E-state index contributed by atoms with van der Waals surface area (Å²) >= 11 is 0. The molecule has 4 atom stereocenters. The topological polar surface area (TPSA) is 100 Å². The summed E-state index contributed by atoms with van der Waals surface area (Å²) in [6.45, 7) is 11.3. The third-order valence-electron chi connectivity index (χ3n) is 8.93. The summed E-state index contributed by atoms with van der Waals surface area (Å²) in [6, 6.07) is 1.83. The maximum Gasteiger partial charge on any atom is 0.462 e. The Hall–Kier alpha value is -1.04. The number of hydrogen-bond donors (Lipinski definition) is 0. The summed E-state index contributed by atoms with van der Waals surface area (Å²) in [7, 11) is -2.55. The van der Waals surface area contributed by atoms with Crippen LogP contribution in [0.4, 0.5) is 0 Å². The van der Waals surface area contributed by atoms with Crippen molar-refractivity contribution in [2.45, 2.75) is 134 Å². The number of azide groups is 1. The van der Waals surface area contributed by atoms with E-state index in [1.54, 1.807) is 0 Å². The van der Waals surface area contributed by atoms with Gasteiger partial charge in [-0.25, -0.2) is 0 Å². The first-order chi connectivity index (χ1) is 16.2. The molecule has 1 heterocycles. The van der Waals surface area contributed by atoms with Crippen molar-refractivity contribution in [3.63, 3.8) is 0 Å². The van der Waals surface area contributed by atoms with E-state index in [4.69, 9.17) is 13.7 Å². The van der Waals surface area contributed by atoms with E-state index < -0.39 is 21.5 Å². The lowest BCUT2D eigenvalue weighted by Gasteiger charge is -2.37. The highest BCUT2D eigenvalue weighted by atomic mass is 28.4. The Bertz CT molecular complexity index is 711. The molecule has 190 valence electrons. The third-order valence-corrected chi connectivity index (χ3v) is 13.4. The van der Waals surface area contributed by atoms with Gasteiger partial charge in [-0.15, -0.1) is 0 Å². The molecular formula is C25H45BN4O3Si. The molecule has 2 saturated carbocycles. The van der Waals surface area contributed by atoms with Crippen LogP contribution >= 0.6 is 0 Å². The molecule has 0 unspecified atom stereocenters. The van der Waals surface area contributed by atoms with Crippen LogP contribution in [0.2, 0.25) is 23.9 Å². The van der Waals surface area contributed by atoms with Gasteiger partial charge in [0.05, 0.1) is 24.3 Å². The van der Waals surface area contributed by atoms with E-state index in [0.29, 0.717) is 18.4 Å². The van der Waals surface area contributed by atoms with Crippen molar-refractivity contribution in [2.24, 2.45) is 17.0 Å². The van der Waals surface area contributed by atoms with E-state index >= 15 is 0 Å². The summed E-state index contributed by atoms with van der Waals surface area (Å²) < 4.78 is 19.8. The fraction of sp³-hybridized carbons (Fsp3) is 0.960. The molecule has 0 amide bonds. The van der Waals surface area contributed by atoms with Crippen LogP contribution in [0, 0.1) is 23.2 Å². The van der Waals surface area contributed by atoms with Crippen LogP contribution < -0.4 is 0 Å². The van der Waals surface area contributed by atoms with Crippen molar-refractivity contribution in [3.05, 3.63) is 10.4 Å². The van der Waals surface area contributed by atoms with Crippen LogP contribution in [0.5, 0.6) is 0 Å². The number of hydrogen-bond acceptors (Lipinski definition) is 5. The van der Waals surface area contributed by atoms with Crippen LogP contribution in [-0.2, 0) is 13.7 Å². The van der Waals surface area contributed by atoms with Crippen LogP contribution in [0.25, 0.3) is 10.4 Å². The minimum atomic E-state index is -2.03. The van der Waals surface area contributed by atoms with Gasteiger partial charge in [0.25, 0.3) is 0 Å². The van der Waals surface area contributed by atoms with E-state index in [1.165, 1.54) is 64.2 Å². The quantitative estimate of drug-likeness (QED) is 0.146. The first-order valence-corrected chi connectivity index (χ1v) is 16.4. The first-order valence-electron chi connectivity index (χ1n) is 13.5. The van der Waals surface area contributed by atoms with Crippen LogP contribution in [-0.4, -0.2) is 40.3 Å². The van der Waals surface area contributed by atoms with Gasteiger partial charge in [-0.3, -0.25) is 0 Å². The molecule has 0 N–H and O–H groups in total. The maximum absolute atomic E-state index is 9.67. The van der Waals surface area contributed by atoms with E-state index in [1.807, 2.05) is 0 Å². The van der Waals surface area contributed by atoms with Gasteiger partial charge in [0.2, 0.25) is 0 Å². The number of rotatable bonds is 9. The molecule has 3 aliphatic rings. The summed E-state index contributed by atoms with van der Waals surface area (Å²) in [5.74, 6) is 0.718. The average Bonchev–Trinajstić information content (AvgIpc) is 3.26. The largest absolute Gasteiger partial charge is 0.462 e. The molecule has 1 aliphatic heterocycles. The summed E-state index contributed by atoms with van der Waals surface area (Å²) in [4.78, 5) is 3.13. The molecular weight excluding hydrogens is 443 g/mol. The van der Waals surface area contributed by atoms with E-state index in [9.17, 15) is 10.8 Å². The molecule has 9 heteroatoms. The third kappa shape index (κ3) is 6.79. The smallest absolute Gasteiger partial charge is 0.416 e. The molecule has 0 bridgehead atoms. The van der Waals surface area contributed by atoms with Gasteiger partial charge in [-0.2, -0.15) is 5.26 Å². The zero-order valence-corrected chi connectivity index (χ0v) is 23.0. The van der Waals surface area contributed by atoms with Crippen LogP contribution in [0.1, 0.15) is 91.4 Å². The molecule has 0 radical (unpaired) electrons. The first kappa shape index (κ1) is 27.5. The number of nitrogens with zero attached hydrogens (tertiary/aromatic N) is 4. The Morgan fingerprint density at radius 2 is 1.53 bits per heavy atom. The van der Waals surface area contributed by atoms with Gasteiger partial charge >= 0.3 is 7.12 Å². The van der Waals surface area contributed by atoms with E-state index in [2.05, 4.69) is 50.0 Å². The van der Waals surface area contributed by atoms with E-state index in [-0.39, 0.29) is 29.5 Å². The number of nitriles is 1. The normalized spacial score (nSPS) is 27.1. The van der Waals surface area contributed by atoms with Gasteiger partial charge in [-0.1, -0.05) is 64.4 Å². The zero-order chi connectivity index (χ0) is 24.8. The Balaban J connectivity index is 1.80. The highest BCUT2D eigenvalue weighted by Gasteiger charge is 2.51. The monoisotopic (exact) mass is 488 g/mol. The van der Waals surface area contributed by atoms with Crippen molar-refractivity contribution in [1.29, 1.82) is 5.26 Å². The van der Waals surface area contributed by atoms with Crippen molar-refractivity contribution in [2.75, 3.05) is 6.61 Å². The predicted molar refractivity (Wildman–Crippen MR) is 139 cm³/mol. The Morgan fingerprint density at radius 1 is 1.03 bits per heavy atom. The summed E-state index contributed by atoms with van der Waals surface area (Å²) in [5, 5.41) is 13.8. The molecule has 0 aromatic rings. The van der Waals surface area contributed by atoms with Gasteiger partial charge in [0, 0.05) is 23.8 Å². The molecule has 34 heavy (non-hydrogen) atoms. The second-order valence-corrected chi connectivity index (χ2v) is 17.0. The van der Waals surface area contributed by atoms with Crippen molar-refractivity contribution < 1.29 is 13.7 Å². The lowest BCUT2D eigenvalue weighted by molar-refractivity contribution is 0.0324. The minimum absolute atomic E-state index is 0.0527. The SMILES string of the molecule is CC(C)(C)[Si](C)(C)OC[C@@H](N=[N+]=[N-])[C@@H](CC#N)B1O[C@@H](C2CCCCC2)[C@H](C2CCCCC2)O1. The maximum atomic E-state index is 9.67. The predicted octanol–water partition coefficient (Wildman–Crippen LogP) is 7.40. The van der Waals surface area contributed by atoms with Crippen molar-refractivity contribution >= 4 is 15.4 Å². The van der Waals surface area contributed by atoms with Crippen LogP contribution in [0.15, 0.2) is 5.11 Å². The summed E-state index contributed by atoms with van der Waals surface area (Å²) in [5.41, 5.74) is 9.35. The second kappa shape index (κ2) is 12.3. The Morgan fingerprint density at radius 3 is 1.94 bits per heavy atom. The van der Waals surface area contributed by atoms with Gasteiger partial charge in [0.1, 0.15) is 0 Å². The van der Waals surface area contributed by atoms with Crippen molar-refractivity contribution in [1.82, 2.24) is 0 Å². The molecule has 0 aromatic heterocycles. The van der Waals surface area contributed by atoms with Gasteiger partial charge in [0.15, 0.2) is 8.32 Å². The standard InChI is InChI=1S/C25H45BN4O3Si/c1-25(2,3)34(4,5)31-18-22(29-30-28)21(16-17-27)26-32-23(19-12-8-6-9-13-19)24(33-26)20-14-10-7-11-15-20/h19-24H,6-16,18H2,1-5H3/t21-,22-,23+,24+/m1/s1. The fourth-order valence-corrected chi connectivity index (χ4v) is 6.74. The Kier molecular flexibility index (Phi) is 9.95. The lowest BCUT2D eigenvalue weighted by atomic mass is 9.66. The fourth-order valence-electron chi connectivity index (χ4n) is 5.72. The van der Waals surface area contributed by atoms with Gasteiger partial charge < -0.3 is 13.7 Å². The molecule has 3 rings (SSSR count). The molecule has 2 aliphatic carbocycles. The summed E-state index contributed by atoms with van der Waals surface area (Å²) in [6.07, 6.45) is 12.8. The lowest BCUT2D eigenvalue weighted by Crippen LogP contribution is -2.44. The second-order valence-electron chi connectivity index (χ2n) is 12.2. The van der Waals surface area contributed by atoms with Crippen molar-refractivity contribution in [3.8, 4) is 6.07 Å². The van der Waals surface area contributed by atoms with Gasteiger partial charge in [-0.05, 0) is 61.2 Å². The molecule has 7 nitrogen and oxygen atoms in total. The molecule has 1 saturated heterocycles. The highest BCUT2D eigenvalue weighted by Crippen LogP contribution is 2.44. The Labute approximate surface area is 208 Å². The average molecular weight is 489 g/mol. The highest BCUT2D eigenvalue weighted by molar-refractivity contribution is 6.74. The van der Waals surface area contributed by atoms with E-state index in [0.717, 1.165) is 0 Å².